The predicted octanol–water partition coefficient (Wildman–Crippen LogP) is 2.43. The molecule has 5 nitrogen and oxygen atoms in total. The molecule has 3 rings (SSSR count). The third-order valence-electron chi connectivity index (χ3n) is 4.94. The number of benzene rings is 1. The van der Waals surface area contributed by atoms with Crippen LogP contribution in [0.4, 0.5) is 5.69 Å². The van der Waals surface area contributed by atoms with Crippen LogP contribution in [0, 0.1) is 0 Å². The molecule has 1 aromatic carbocycles. The number of hydrogen-bond donors (Lipinski definition) is 1. The molecular formula is C17H23NO4. The highest BCUT2D eigenvalue weighted by atomic mass is 16.5. The highest BCUT2D eigenvalue weighted by Crippen LogP contribution is 2.46. The molecule has 0 amide bonds. The van der Waals surface area contributed by atoms with Crippen molar-refractivity contribution in [1.29, 1.82) is 0 Å². The summed E-state index contributed by atoms with van der Waals surface area (Å²) in [4.78, 5) is 14.2. The molecule has 0 bridgehead atoms. The van der Waals surface area contributed by atoms with Crippen molar-refractivity contribution in [3.63, 3.8) is 0 Å². The SMILES string of the molecule is COc1ccc(N2CCOCC2)cc1C1(C(=O)O)CCCC1. The van der Waals surface area contributed by atoms with E-state index in [0.717, 1.165) is 37.2 Å². The minimum atomic E-state index is -0.798. The van der Waals surface area contributed by atoms with Gasteiger partial charge in [-0.05, 0) is 31.0 Å². The van der Waals surface area contributed by atoms with E-state index < -0.39 is 11.4 Å². The zero-order valence-corrected chi connectivity index (χ0v) is 13.0. The maximum Gasteiger partial charge on any atom is 0.314 e. The van der Waals surface area contributed by atoms with Crippen molar-refractivity contribution < 1.29 is 19.4 Å². The first-order chi connectivity index (χ1) is 10.7. The van der Waals surface area contributed by atoms with Crippen LogP contribution in [0.3, 0.4) is 0 Å². The Kier molecular flexibility index (Phi) is 4.25. The van der Waals surface area contributed by atoms with Gasteiger partial charge in [0, 0.05) is 24.3 Å². The van der Waals surface area contributed by atoms with Crippen molar-refractivity contribution >= 4 is 11.7 Å². The van der Waals surface area contributed by atoms with Gasteiger partial charge in [-0.2, -0.15) is 0 Å². The van der Waals surface area contributed by atoms with Crippen molar-refractivity contribution in [1.82, 2.24) is 0 Å². The summed E-state index contributed by atoms with van der Waals surface area (Å²) >= 11 is 0. The lowest BCUT2D eigenvalue weighted by Crippen LogP contribution is -2.37. The van der Waals surface area contributed by atoms with Crippen LogP contribution in [0.1, 0.15) is 31.2 Å². The number of carbonyl (C=O) groups is 1. The van der Waals surface area contributed by atoms with E-state index in [1.54, 1.807) is 7.11 Å². The van der Waals surface area contributed by atoms with Gasteiger partial charge in [0.25, 0.3) is 0 Å². The third kappa shape index (κ3) is 2.54. The second kappa shape index (κ2) is 6.16. The average Bonchev–Trinajstić information content (AvgIpc) is 3.06. The van der Waals surface area contributed by atoms with Gasteiger partial charge in [-0.15, -0.1) is 0 Å². The Hall–Kier alpha value is -1.75. The number of nitrogens with zero attached hydrogens (tertiary/aromatic N) is 1. The summed E-state index contributed by atoms with van der Waals surface area (Å²) in [6, 6.07) is 5.94. The molecule has 1 heterocycles. The fourth-order valence-electron chi connectivity index (χ4n) is 3.67. The van der Waals surface area contributed by atoms with Gasteiger partial charge in [0.15, 0.2) is 0 Å². The monoisotopic (exact) mass is 305 g/mol. The summed E-state index contributed by atoms with van der Waals surface area (Å²) in [5.74, 6) is -0.0521. The average molecular weight is 305 g/mol. The van der Waals surface area contributed by atoms with Crippen molar-refractivity contribution in [2.75, 3.05) is 38.3 Å². The summed E-state index contributed by atoms with van der Waals surface area (Å²) in [6.45, 7) is 3.11. The fourth-order valence-corrected chi connectivity index (χ4v) is 3.67. The van der Waals surface area contributed by atoms with E-state index >= 15 is 0 Å². The first-order valence-corrected chi connectivity index (χ1v) is 7.92. The van der Waals surface area contributed by atoms with Crippen molar-refractivity contribution in [3.05, 3.63) is 23.8 Å². The number of hydrogen-bond acceptors (Lipinski definition) is 4. The number of morpholine rings is 1. The molecule has 0 atom stereocenters. The first-order valence-electron chi connectivity index (χ1n) is 7.92. The molecule has 0 spiro atoms. The number of aliphatic carboxylic acids is 1. The Morgan fingerprint density at radius 3 is 2.55 bits per heavy atom. The lowest BCUT2D eigenvalue weighted by Gasteiger charge is -2.32. The van der Waals surface area contributed by atoms with E-state index in [4.69, 9.17) is 9.47 Å². The highest BCUT2D eigenvalue weighted by Gasteiger charge is 2.45. The Balaban J connectivity index is 2.02. The molecule has 0 unspecified atom stereocenters. The van der Waals surface area contributed by atoms with E-state index in [1.165, 1.54) is 0 Å². The van der Waals surface area contributed by atoms with E-state index in [-0.39, 0.29) is 0 Å². The quantitative estimate of drug-likeness (QED) is 0.926. The molecule has 120 valence electrons. The standard InChI is InChI=1S/C17H23NO4/c1-21-15-5-4-13(18-8-10-22-11-9-18)12-14(15)17(16(19)20)6-2-3-7-17/h4-5,12H,2-3,6-11H2,1H3,(H,19,20). The van der Waals surface area contributed by atoms with Crippen molar-refractivity contribution in [2.45, 2.75) is 31.1 Å². The Morgan fingerprint density at radius 1 is 1.27 bits per heavy atom. The third-order valence-corrected chi connectivity index (χ3v) is 4.94. The van der Waals surface area contributed by atoms with Crippen LogP contribution in [0.15, 0.2) is 18.2 Å². The summed E-state index contributed by atoms with van der Waals surface area (Å²) < 4.78 is 10.9. The number of rotatable bonds is 4. The summed E-state index contributed by atoms with van der Waals surface area (Å²) in [5.41, 5.74) is 1.09. The van der Waals surface area contributed by atoms with Crippen LogP contribution >= 0.6 is 0 Å². The molecule has 1 N–H and O–H groups in total. The molecular weight excluding hydrogens is 282 g/mol. The van der Waals surface area contributed by atoms with Gasteiger partial charge in [-0.25, -0.2) is 0 Å². The van der Waals surface area contributed by atoms with Crippen LogP contribution in [-0.4, -0.2) is 44.5 Å². The van der Waals surface area contributed by atoms with Gasteiger partial charge >= 0.3 is 5.97 Å². The van der Waals surface area contributed by atoms with Gasteiger partial charge in [-0.1, -0.05) is 12.8 Å². The number of ether oxygens (including phenoxy) is 2. The maximum absolute atomic E-state index is 12.0. The maximum atomic E-state index is 12.0. The molecule has 0 aromatic heterocycles. The molecule has 22 heavy (non-hydrogen) atoms. The molecule has 1 aliphatic carbocycles. The second-order valence-corrected chi connectivity index (χ2v) is 6.08. The topological polar surface area (TPSA) is 59.0 Å². The van der Waals surface area contributed by atoms with Crippen molar-refractivity contribution in [2.24, 2.45) is 0 Å². The van der Waals surface area contributed by atoms with E-state index in [9.17, 15) is 9.90 Å². The number of carboxylic acid groups (broad SMARTS) is 1. The van der Waals surface area contributed by atoms with E-state index in [2.05, 4.69) is 4.90 Å². The fraction of sp³-hybridized carbons (Fsp3) is 0.588. The Bertz CT molecular complexity index is 546. The highest BCUT2D eigenvalue weighted by molar-refractivity contribution is 5.83. The molecule has 1 saturated carbocycles. The van der Waals surface area contributed by atoms with Crippen LogP contribution in [0.25, 0.3) is 0 Å². The first kappa shape index (κ1) is 15.2. The zero-order valence-electron chi connectivity index (χ0n) is 13.0. The Morgan fingerprint density at radius 2 is 1.95 bits per heavy atom. The summed E-state index contributed by atoms with van der Waals surface area (Å²) in [6.07, 6.45) is 3.28. The normalized spacial score (nSPS) is 20.9. The molecule has 2 fully saturated rings. The summed E-state index contributed by atoms with van der Waals surface area (Å²) in [7, 11) is 1.61. The second-order valence-electron chi connectivity index (χ2n) is 6.08. The molecule has 1 saturated heterocycles. The van der Waals surface area contributed by atoms with Crippen LogP contribution in [0.2, 0.25) is 0 Å². The summed E-state index contributed by atoms with van der Waals surface area (Å²) in [5, 5.41) is 9.85. The minimum absolute atomic E-state index is 0.682. The minimum Gasteiger partial charge on any atom is -0.496 e. The number of carboxylic acids is 1. The number of anilines is 1. The lowest BCUT2D eigenvalue weighted by molar-refractivity contribution is -0.143. The van der Waals surface area contributed by atoms with Crippen LogP contribution < -0.4 is 9.64 Å². The van der Waals surface area contributed by atoms with Crippen LogP contribution in [0.5, 0.6) is 5.75 Å². The molecule has 2 aliphatic rings. The van der Waals surface area contributed by atoms with Gasteiger partial charge in [-0.3, -0.25) is 4.79 Å². The predicted molar refractivity (Wildman–Crippen MR) is 83.8 cm³/mol. The van der Waals surface area contributed by atoms with Crippen LogP contribution in [-0.2, 0) is 14.9 Å². The molecule has 1 aromatic rings. The van der Waals surface area contributed by atoms with Gasteiger partial charge in [0.05, 0.1) is 25.7 Å². The van der Waals surface area contributed by atoms with E-state index in [0.29, 0.717) is 31.8 Å². The van der Waals surface area contributed by atoms with Gasteiger partial charge in [0.1, 0.15) is 5.75 Å². The Labute approximate surface area is 130 Å². The van der Waals surface area contributed by atoms with E-state index in [1.807, 2.05) is 18.2 Å². The van der Waals surface area contributed by atoms with Gasteiger partial charge < -0.3 is 19.5 Å². The van der Waals surface area contributed by atoms with Gasteiger partial charge in [0.2, 0.25) is 0 Å². The largest absolute Gasteiger partial charge is 0.496 e. The lowest BCUT2D eigenvalue weighted by atomic mass is 9.78. The molecule has 1 aliphatic heterocycles. The van der Waals surface area contributed by atoms with Crippen molar-refractivity contribution in [3.8, 4) is 5.75 Å². The molecule has 0 radical (unpaired) electrons. The number of methoxy groups -OCH3 is 1. The smallest absolute Gasteiger partial charge is 0.314 e. The zero-order chi connectivity index (χ0) is 15.6. The molecule has 5 heteroatoms.